The highest BCUT2D eigenvalue weighted by Gasteiger charge is 2.39. The number of likely N-dealkylation sites (N-methyl/N-ethyl adjacent to an activating group) is 1. The summed E-state index contributed by atoms with van der Waals surface area (Å²) in [5, 5.41) is 17.5. The average molecular weight is 838 g/mol. The molecule has 0 bridgehead atoms. The molecule has 0 aromatic heterocycles. The molecule has 2 heterocycles. The molecular weight excluding hydrogens is 791 g/mol. The maximum Gasteiger partial charge on any atom is 0.417 e. The Bertz CT molecular complexity index is 2080. The molecule has 5 rings (SSSR count). The summed E-state index contributed by atoms with van der Waals surface area (Å²) in [4.78, 5) is 54.9. The number of aryl methyl sites for hydroxylation is 1. The van der Waals surface area contributed by atoms with Gasteiger partial charge in [-0.05, 0) is 119 Å². The molecule has 1 unspecified atom stereocenters. The Morgan fingerprint density at radius 3 is 2.41 bits per heavy atom. The first kappa shape index (κ1) is 44.5. The first-order chi connectivity index (χ1) is 28.0. The number of benzene rings is 3. The van der Waals surface area contributed by atoms with Crippen LogP contribution in [0.1, 0.15) is 62.6 Å². The van der Waals surface area contributed by atoms with Crippen molar-refractivity contribution in [1.82, 2.24) is 10.2 Å². The molecule has 0 saturated carbocycles. The summed E-state index contributed by atoms with van der Waals surface area (Å²) in [6.07, 6.45) is -1.65. The number of nitrogens with zero attached hydrogens (tertiary/aromatic N) is 4. The van der Waals surface area contributed by atoms with Crippen LogP contribution in [0.4, 0.5) is 40.3 Å². The predicted octanol–water partition coefficient (Wildman–Crippen LogP) is 6.63. The van der Waals surface area contributed by atoms with Gasteiger partial charge in [-0.2, -0.15) is 18.4 Å². The lowest BCUT2D eigenvalue weighted by molar-refractivity contribution is -0.138. The highest BCUT2D eigenvalue weighted by atomic mass is 32.1. The number of carbonyl (C=O) groups excluding carboxylic acids is 4. The van der Waals surface area contributed by atoms with E-state index in [0.29, 0.717) is 47.3 Å². The van der Waals surface area contributed by atoms with Crippen LogP contribution < -0.4 is 30.5 Å². The van der Waals surface area contributed by atoms with Crippen LogP contribution in [0, 0.1) is 17.2 Å². The second-order valence-electron chi connectivity index (χ2n) is 15.1. The molecule has 2 aliphatic heterocycles. The predicted molar refractivity (Wildman–Crippen MR) is 220 cm³/mol. The van der Waals surface area contributed by atoms with Crippen molar-refractivity contribution in [2.75, 3.05) is 60.4 Å². The molecule has 12 nitrogen and oxygen atoms in total. The van der Waals surface area contributed by atoms with Gasteiger partial charge < -0.3 is 25.2 Å². The largest absolute Gasteiger partial charge is 0.493 e. The SMILES string of the molecule is CN(C(=O)C(C)(C)N(C=S)c1ccc(OCCC2CCN(CC(=O)Nc3cccc(NC4CCC(=O)NC4=O)c3)CC2)c(CCF)c1)c1ccc(C#N)c(C(F)(F)F)c1. The molecule has 3 aromatic rings. The number of imide groups is 1. The van der Waals surface area contributed by atoms with E-state index in [0.717, 1.165) is 49.4 Å². The Hall–Kier alpha value is -5.60. The molecule has 1 atom stereocenters. The highest BCUT2D eigenvalue weighted by molar-refractivity contribution is 7.79. The van der Waals surface area contributed by atoms with Crippen molar-refractivity contribution in [3.63, 3.8) is 0 Å². The third-order valence-electron chi connectivity index (χ3n) is 10.6. The maximum absolute atomic E-state index is 13.8. The molecule has 2 fully saturated rings. The molecule has 0 radical (unpaired) electrons. The molecule has 2 aliphatic rings. The number of nitriles is 1. The van der Waals surface area contributed by atoms with Crippen molar-refractivity contribution in [3.8, 4) is 11.8 Å². The summed E-state index contributed by atoms with van der Waals surface area (Å²) in [5.74, 6) is -0.571. The first-order valence-corrected chi connectivity index (χ1v) is 19.7. The monoisotopic (exact) mass is 837 g/mol. The van der Waals surface area contributed by atoms with Crippen LogP contribution in [0.5, 0.6) is 5.75 Å². The number of halogens is 4. The van der Waals surface area contributed by atoms with Gasteiger partial charge in [0.25, 0.3) is 5.91 Å². The van der Waals surface area contributed by atoms with E-state index in [1.165, 1.54) is 29.6 Å². The molecule has 59 heavy (non-hydrogen) atoms. The van der Waals surface area contributed by atoms with E-state index in [9.17, 15) is 36.7 Å². The molecule has 17 heteroatoms. The highest BCUT2D eigenvalue weighted by Crippen LogP contribution is 2.36. The first-order valence-electron chi connectivity index (χ1n) is 19.2. The zero-order valence-corrected chi connectivity index (χ0v) is 33.9. The minimum atomic E-state index is -4.80. The van der Waals surface area contributed by atoms with Gasteiger partial charge >= 0.3 is 6.18 Å². The second-order valence-corrected chi connectivity index (χ2v) is 15.3. The number of ether oxygens (including phenoxy) is 1. The zero-order chi connectivity index (χ0) is 42.9. The number of piperidine rings is 2. The van der Waals surface area contributed by atoms with Crippen molar-refractivity contribution < 1.29 is 41.5 Å². The van der Waals surface area contributed by atoms with Crippen LogP contribution in [-0.2, 0) is 31.8 Å². The molecule has 2 saturated heterocycles. The van der Waals surface area contributed by atoms with Crippen LogP contribution >= 0.6 is 12.2 Å². The van der Waals surface area contributed by atoms with Gasteiger partial charge in [-0.1, -0.05) is 18.3 Å². The number of rotatable bonds is 16. The molecule has 0 spiro atoms. The third-order valence-corrected chi connectivity index (χ3v) is 10.8. The number of thiocarbonyl (C=S) groups is 1. The van der Waals surface area contributed by atoms with Crippen molar-refractivity contribution in [3.05, 3.63) is 77.4 Å². The minimum absolute atomic E-state index is 0.0370. The summed E-state index contributed by atoms with van der Waals surface area (Å²) in [6, 6.07) is 16.2. The number of anilines is 4. The standard InChI is InChI=1S/C42H47F4N7O5S/c1-41(2,40(57)51(3)32-8-7-29(24-47)34(23-32)42(44,45)46)53(26-59)33-9-11-36(28(21-33)13-17-43)58-20-16-27-14-18-52(19-15-27)25-38(55)49-31-6-4-5-30(22-31)48-35-10-12-37(54)50-39(35)56/h4-9,11,21-23,26-27,35,48H,10,12-20,25H2,1-3H3,(H,49,55)(H,50,54,56). The summed E-state index contributed by atoms with van der Waals surface area (Å²) < 4.78 is 60.9. The number of hydrogen-bond acceptors (Lipinski definition) is 9. The number of carbonyl (C=O) groups is 4. The van der Waals surface area contributed by atoms with Crippen molar-refractivity contribution in [2.24, 2.45) is 5.92 Å². The van der Waals surface area contributed by atoms with Crippen molar-refractivity contribution in [2.45, 2.75) is 70.1 Å². The lowest BCUT2D eigenvalue weighted by atomic mass is 9.94. The molecule has 4 amide bonds. The van der Waals surface area contributed by atoms with Gasteiger partial charge in [0.2, 0.25) is 17.7 Å². The van der Waals surface area contributed by atoms with Gasteiger partial charge in [-0.15, -0.1) is 0 Å². The van der Waals surface area contributed by atoms with E-state index >= 15 is 0 Å². The summed E-state index contributed by atoms with van der Waals surface area (Å²) in [6.45, 7) is 4.53. The van der Waals surface area contributed by atoms with Crippen molar-refractivity contribution in [1.29, 1.82) is 5.26 Å². The van der Waals surface area contributed by atoms with Gasteiger partial charge in [0, 0.05) is 42.6 Å². The van der Waals surface area contributed by atoms with Crippen LogP contribution in [-0.4, -0.2) is 85.6 Å². The Kier molecular flexibility index (Phi) is 14.7. The average Bonchev–Trinajstić information content (AvgIpc) is 3.19. The molecule has 314 valence electrons. The Balaban J connectivity index is 1.12. The molecule has 0 aliphatic carbocycles. The van der Waals surface area contributed by atoms with Crippen LogP contribution in [0.3, 0.4) is 0 Å². The number of amides is 4. The van der Waals surface area contributed by atoms with Crippen LogP contribution in [0.15, 0.2) is 60.7 Å². The Labute approximate surface area is 345 Å². The zero-order valence-electron chi connectivity index (χ0n) is 33.0. The smallest absolute Gasteiger partial charge is 0.417 e. The van der Waals surface area contributed by atoms with Crippen LogP contribution in [0.25, 0.3) is 0 Å². The Morgan fingerprint density at radius 1 is 1.03 bits per heavy atom. The Morgan fingerprint density at radius 2 is 1.75 bits per heavy atom. The van der Waals surface area contributed by atoms with Gasteiger partial charge in [-0.3, -0.25) is 33.8 Å². The van der Waals surface area contributed by atoms with E-state index < -0.39 is 41.5 Å². The van der Waals surface area contributed by atoms with Gasteiger partial charge in [-0.25, -0.2) is 0 Å². The van der Waals surface area contributed by atoms with E-state index in [-0.39, 0.29) is 42.8 Å². The fraction of sp³-hybridized carbons (Fsp3) is 0.429. The number of hydrogen-bond donors (Lipinski definition) is 3. The molecule has 3 aromatic carbocycles. The normalized spacial score (nSPS) is 16.4. The quantitative estimate of drug-likeness (QED) is 0.0817. The fourth-order valence-corrected chi connectivity index (χ4v) is 7.65. The lowest BCUT2D eigenvalue weighted by Gasteiger charge is -2.38. The summed E-state index contributed by atoms with van der Waals surface area (Å²) in [7, 11) is 1.34. The van der Waals surface area contributed by atoms with E-state index in [2.05, 4.69) is 20.9 Å². The fourth-order valence-electron chi connectivity index (χ4n) is 7.26. The second kappa shape index (κ2) is 19.4. The van der Waals surface area contributed by atoms with E-state index in [1.54, 1.807) is 56.3 Å². The van der Waals surface area contributed by atoms with E-state index in [4.69, 9.17) is 22.2 Å². The molecule has 3 N–H and O–H groups in total. The maximum atomic E-state index is 13.8. The van der Waals surface area contributed by atoms with E-state index in [1.807, 2.05) is 0 Å². The summed E-state index contributed by atoms with van der Waals surface area (Å²) in [5.41, 5.74) is 0.368. The van der Waals surface area contributed by atoms with Gasteiger partial charge in [0.15, 0.2) is 0 Å². The lowest BCUT2D eigenvalue weighted by Crippen LogP contribution is -2.55. The summed E-state index contributed by atoms with van der Waals surface area (Å²) >= 11 is 5.30. The topological polar surface area (TPSA) is 147 Å². The minimum Gasteiger partial charge on any atom is -0.493 e. The van der Waals surface area contributed by atoms with Gasteiger partial charge in [0.05, 0.1) is 42.5 Å². The number of alkyl halides is 4. The van der Waals surface area contributed by atoms with Gasteiger partial charge in [0.1, 0.15) is 17.3 Å². The number of nitrogens with one attached hydrogen (secondary N) is 3. The number of likely N-dealkylation sites (tertiary alicyclic amines) is 1. The van der Waals surface area contributed by atoms with Crippen molar-refractivity contribution >= 4 is 64.1 Å². The third kappa shape index (κ3) is 11.3. The molecular formula is C42H47F4N7O5S. The van der Waals surface area contributed by atoms with Crippen LogP contribution in [0.2, 0.25) is 0 Å².